The Morgan fingerprint density at radius 1 is 1.02 bits per heavy atom. The number of likely N-dealkylation sites (tertiary alicyclic amines) is 2. The van der Waals surface area contributed by atoms with Crippen LogP contribution in [0.4, 0.5) is 4.79 Å². The lowest BCUT2D eigenvalue weighted by molar-refractivity contribution is -0.791. The third-order valence-electron chi connectivity index (χ3n) is 12.5. The van der Waals surface area contributed by atoms with Gasteiger partial charge in [-0.05, 0) is 109 Å². The summed E-state index contributed by atoms with van der Waals surface area (Å²) in [6.07, 6.45) is 8.83. The van der Waals surface area contributed by atoms with Crippen molar-refractivity contribution in [2.75, 3.05) is 39.8 Å². The Labute approximate surface area is 281 Å². The maximum absolute atomic E-state index is 15.4. The van der Waals surface area contributed by atoms with Crippen LogP contribution in [0.3, 0.4) is 0 Å². The summed E-state index contributed by atoms with van der Waals surface area (Å²) in [6.45, 7) is 13.4. The van der Waals surface area contributed by atoms with Gasteiger partial charge < -0.3 is 9.64 Å². The van der Waals surface area contributed by atoms with Crippen LogP contribution in [0.15, 0.2) is 24.3 Å². The van der Waals surface area contributed by atoms with E-state index >= 15 is 4.79 Å². The van der Waals surface area contributed by atoms with Crippen LogP contribution in [-0.4, -0.2) is 107 Å². The van der Waals surface area contributed by atoms with E-state index in [0.717, 1.165) is 37.8 Å². The zero-order valence-corrected chi connectivity index (χ0v) is 29.7. The molecule has 3 aliphatic heterocycles. The monoisotopic (exact) mass is 655 g/mol. The molecule has 46 heavy (non-hydrogen) atoms. The number of carbonyl (C=O) groups is 3. The maximum atomic E-state index is 15.4. The minimum absolute atomic E-state index is 0.00269. The predicted octanol–water partition coefficient (Wildman–Crippen LogP) is 6.46. The van der Waals surface area contributed by atoms with Gasteiger partial charge in [-0.15, -0.1) is 0 Å². The summed E-state index contributed by atoms with van der Waals surface area (Å²) in [5.41, 5.74) is 1.46. The van der Waals surface area contributed by atoms with Crippen LogP contribution in [0.5, 0.6) is 0 Å². The van der Waals surface area contributed by atoms with Gasteiger partial charge in [0.1, 0.15) is 18.7 Å². The molecule has 254 valence electrons. The molecule has 8 nitrogen and oxygen atoms in total. The second-order valence-corrected chi connectivity index (χ2v) is 16.7. The predicted molar refractivity (Wildman–Crippen MR) is 180 cm³/mol. The fourth-order valence-corrected chi connectivity index (χ4v) is 9.31. The number of rotatable bonds is 6. The van der Waals surface area contributed by atoms with E-state index in [1.807, 2.05) is 38.2 Å². The summed E-state index contributed by atoms with van der Waals surface area (Å²) < 4.78 is 5.74. The van der Waals surface area contributed by atoms with Crippen molar-refractivity contribution in [1.82, 2.24) is 14.7 Å². The summed E-state index contributed by atoms with van der Waals surface area (Å²) in [4.78, 5) is 50.6. The van der Waals surface area contributed by atoms with Gasteiger partial charge in [-0.1, -0.05) is 23.7 Å². The molecule has 0 N–H and O–H groups in total. The first-order chi connectivity index (χ1) is 21.8. The van der Waals surface area contributed by atoms with Gasteiger partial charge in [0.15, 0.2) is 0 Å². The molecule has 4 amide bonds. The zero-order valence-electron chi connectivity index (χ0n) is 29.0. The quantitative estimate of drug-likeness (QED) is 0.329. The molecule has 1 aromatic carbocycles. The van der Waals surface area contributed by atoms with Crippen LogP contribution in [0.1, 0.15) is 104 Å². The van der Waals surface area contributed by atoms with Crippen LogP contribution in [0.25, 0.3) is 0 Å². The first-order valence-electron chi connectivity index (χ1n) is 17.9. The van der Waals surface area contributed by atoms with Gasteiger partial charge in [-0.2, -0.15) is 4.48 Å². The Morgan fingerprint density at radius 2 is 1.70 bits per heavy atom. The van der Waals surface area contributed by atoms with Crippen LogP contribution in [0, 0.1) is 11.3 Å². The number of quaternary nitrogens is 1. The SMILES string of the molecule is CCN(C)C(=O)[N+]1(C(=O)[C@@H]2CN(C(C)(C)C)C[C@H]2c2ccc(Cl)cc2)C[C@@H](N(C(=O)[C@@H]2CCCO2)C2CCC3(CC2)CC3)CC1C. The van der Waals surface area contributed by atoms with Gasteiger partial charge in [-0.25, -0.2) is 9.59 Å². The number of benzene rings is 1. The van der Waals surface area contributed by atoms with E-state index in [1.54, 1.807) is 4.90 Å². The number of ether oxygens (including phenoxy) is 1. The molecule has 2 saturated carbocycles. The number of halogens is 1. The molecule has 6 rings (SSSR count). The largest absolute Gasteiger partial charge is 0.426 e. The molecule has 3 saturated heterocycles. The third kappa shape index (κ3) is 6.17. The summed E-state index contributed by atoms with van der Waals surface area (Å²) >= 11 is 6.29. The molecule has 0 aromatic heterocycles. The van der Waals surface area contributed by atoms with Crippen molar-refractivity contribution in [3.8, 4) is 0 Å². The van der Waals surface area contributed by atoms with Gasteiger partial charge in [0.25, 0.3) is 5.91 Å². The average Bonchev–Trinajstić information content (AvgIpc) is 3.42. The molecule has 5 fully saturated rings. The summed E-state index contributed by atoms with van der Waals surface area (Å²) in [7, 11) is 1.81. The summed E-state index contributed by atoms with van der Waals surface area (Å²) in [5, 5.41) is 0.669. The van der Waals surface area contributed by atoms with Crippen molar-refractivity contribution in [1.29, 1.82) is 0 Å². The Balaban J connectivity index is 1.36. The van der Waals surface area contributed by atoms with Crippen molar-refractivity contribution in [3.05, 3.63) is 34.9 Å². The van der Waals surface area contributed by atoms with E-state index in [1.165, 1.54) is 25.7 Å². The highest BCUT2D eigenvalue weighted by Crippen LogP contribution is 2.57. The number of nitrogens with zero attached hydrogens (tertiary/aromatic N) is 4. The number of hydrogen-bond donors (Lipinski definition) is 0. The number of amides is 4. The zero-order chi connectivity index (χ0) is 33.0. The average molecular weight is 656 g/mol. The topological polar surface area (TPSA) is 70.2 Å². The summed E-state index contributed by atoms with van der Waals surface area (Å²) in [5.74, 6) is -0.337. The summed E-state index contributed by atoms with van der Waals surface area (Å²) in [6, 6.07) is 7.45. The van der Waals surface area contributed by atoms with Gasteiger partial charge in [0.05, 0.1) is 12.0 Å². The fourth-order valence-electron chi connectivity index (χ4n) is 9.18. The van der Waals surface area contributed by atoms with Crippen molar-refractivity contribution < 1.29 is 23.6 Å². The highest BCUT2D eigenvalue weighted by Gasteiger charge is 2.63. The Morgan fingerprint density at radius 3 is 2.26 bits per heavy atom. The lowest BCUT2D eigenvalue weighted by Crippen LogP contribution is -2.66. The maximum Gasteiger partial charge on any atom is 0.426 e. The molecule has 2 unspecified atom stereocenters. The lowest BCUT2D eigenvalue weighted by atomic mass is 9.82. The minimum Gasteiger partial charge on any atom is -0.368 e. The van der Waals surface area contributed by atoms with Crippen LogP contribution in [-0.2, 0) is 14.3 Å². The third-order valence-corrected chi connectivity index (χ3v) is 12.8. The van der Waals surface area contributed by atoms with Crippen LogP contribution >= 0.6 is 11.6 Å². The van der Waals surface area contributed by atoms with Crippen LogP contribution < -0.4 is 0 Å². The Bertz CT molecular complexity index is 1290. The fraction of sp³-hybridized carbons (Fsp3) is 0.757. The van der Waals surface area contributed by atoms with Crippen molar-refractivity contribution >= 4 is 29.4 Å². The van der Waals surface area contributed by atoms with Gasteiger partial charge in [0.2, 0.25) is 0 Å². The molecule has 0 bridgehead atoms. The van der Waals surface area contributed by atoms with Gasteiger partial charge in [-0.3, -0.25) is 14.6 Å². The number of urea groups is 1. The second-order valence-electron chi connectivity index (χ2n) is 16.2. The molecule has 1 aromatic rings. The van der Waals surface area contributed by atoms with Crippen molar-refractivity contribution in [3.63, 3.8) is 0 Å². The van der Waals surface area contributed by atoms with E-state index in [9.17, 15) is 9.59 Å². The molecule has 2 aliphatic carbocycles. The first-order valence-corrected chi connectivity index (χ1v) is 18.3. The van der Waals surface area contributed by atoms with E-state index in [-0.39, 0.29) is 57.8 Å². The smallest absolute Gasteiger partial charge is 0.368 e. The molecule has 6 atom stereocenters. The van der Waals surface area contributed by atoms with E-state index in [0.29, 0.717) is 43.1 Å². The molecule has 3 heterocycles. The second kappa shape index (κ2) is 12.8. The molecular formula is C37H56ClN4O4+. The van der Waals surface area contributed by atoms with E-state index in [4.69, 9.17) is 16.3 Å². The standard InChI is InChI=1S/C37H56ClN4O4/c1-7-39(6)35(45)42(34(44)31-23-40(36(3,4)5)22-30(31)26-10-12-27(38)13-11-26)24-29(21-25(42)2)41(33(43)32-9-8-20-46-32)28-14-16-37(17-15-28)18-19-37/h10-13,25,28-32H,7-9,14-24H2,1-6H3/q+1/t25?,29-,30-,31+,32-,42?/m0/s1. The van der Waals surface area contributed by atoms with Crippen molar-refractivity contribution in [2.45, 2.75) is 128 Å². The molecular weight excluding hydrogens is 600 g/mol. The first kappa shape index (κ1) is 33.9. The highest BCUT2D eigenvalue weighted by molar-refractivity contribution is 6.30. The lowest BCUT2D eigenvalue weighted by Gasteiger charge is -2.42. The van der Waals surface area contributed by atoms with Crippen LogP contribution in [0.2, 0.25) is 5.02 Å². The van der Waals surface area contributed by atoms with E-state index in [2.05, 4.69) is 37.5 Å². The number of carbonyl (C=O) groups excluding carboxylic acids is 3. The van der Waals surface area contributed by atoms with E-state index < -0.39 is 6.10 Å². The Kier molecular flexibility index (Phi) is 9.42. The molecule has 0 radical (unpaired) electrons. The normalized spacial score (nSPS) is 33.0. The van der Waals surface area contributed by atoms with Gasteiger partial charge in [0, 0.05) is 62.2 Å². The Hall–Kier alpha value is -2.00. The number of imide groups is 1. The van der Waals surface area contributed by atoms with Gasteiger partial charge >= 0.3 is 11.9 Å². The number of hydrogen-bond acceptors (Lipinski definition) is 5. The van der Waals surface area contributed by atoms with Crippen molar-refractivity contribution in [2.24, 2.45) is 11.3 Å². The highest BCUT2D eigenvalue weighted by atomic mass is 35.5. The molecule has 1 spiro atoms. The minimum atomic E-state index is -0.413. The molecule has 9 heteroatoms. The molecule has 5 aliphatic rings.